The summed E-state index contributed by atoms with van der Waals surface area (Å²) in [5, 5.41) is 7.44. The van der Waals surface area contributed by atoms with E-state index in [4.69, 9.17) is 0 Å². The van der Waals surface area contributed by atoms with Gasteiger partial charge in [0, 0.05) is 43.1 Å². The minimum Gasteiger partial charge on any atom is -0.310 e. The molecular weight excluding hydrogens is 708 g/mol. The van der Waals surface area contributed by atoms with Gasteiger partial charge in [0.25, 0.3) is 0 Å². The SMILES string of the molecule is Brc1cc(-c2ccc(N(c3ccccc3)c3cccc4ccccc34)cc2)cc(-c2ccc3c(c2)c2ccc4ccccc4c2n3-c2ccccc2)c1. The molecule has 0 aliphatic carbocycles. The summed E-state index contributed by atoms with van der Waals surface area (Å²) in [5.74, 6) is 0. The fraction of sp³-hybridized carbons (Fsp3) is 0. The van der Waals surface area contributed by atoms with Crippen molar-refractivity contribution in [2.75, 3.05) is 4.90 Å². The summed E-state index contributed by atoms with van der Waals surface area (Å²) >= 11 is 3.87. The Balaban J connectivity index is 1.07. The Bertz CT molecular complexity index is 2940. The largest absolute Gasteiger partial charge is 0.310 e. The molecule has 0 fully saturated rings. The molecular formula is C50H33BrN2. The van der Waals surface area contributed by atoms with Crippen molar-refractivity contribution < 1.29 is 0 Å². The van der Waals surface area contributed by atoms with E-state index in [1.807, 2.05) is 0 Å². The zero-order chi connectivity index (χ0) is 35.3. The lowest BCUT2D eigenvalue weighted by Gasteiger charge is -2.27. The Labute approximate surface area is 316 Å². The number of hydrogen-bond acceptors (Lipinski definition) is 1. The standard InChI is InChI=1S/C50H33BrN2/c51-40-31-38(34-22-26-43(27-23-34)52(41-15-3-1-4-16-41)48-21-11-14-35-12-7-9-19-44(35)48)30-39(32-40)37-25-29-49-47(33-37)46-28-24-36-13-8-10-20-45(36)50(46)53(49)42-17-5-2-6-18-42/h1-33H. The van der Waals surface area contributed by atoms with Gasteiger partial charge >= 0.3 is 0 Å². The Morgan fingerprint density at radius 1 is 0.377 bits per heavy atom. The number of halogens is 1. The van der Waals surface area contributed by atoms with Gasteiger partial charge in [0.2, 0.25) is 0 Å². The van der Waals surface area contributed by atoms with E-state index in [1.54, 1.807) is 0 Å². The zero-order valence-electron chi connectivity index (χ0n) is 28.8. The summed E-state index contributed by atoms with van der Waals surface area (Å²) < 4.78 is 3.47. The number of hydrogen-bond donors (Lipinski definition) is 0. The number of anilines is 3. The van der Waals surface area contributed by atoms with Gasteiger partial charge in [0.05, 0.1) is 16.7 Å². The molecule has 0 N–H and O–H groups in total. The van der Waals surface area contributed by atoms with Crippen molar-refractivity contribution in [3.05, 3.63) is 205 Å². The van der Waals surface area contributed by atoms with E-state index in [9.17, 15) is 0 Å². The lowest BCUT2D eigenvalue weighted by Crippen LogP contribution is -2.10. The second-order valence-electron chi connectivity index (χ2n) is 13.5. The number of nitrogens with zero attached hydrogens (tertiary/aromatic N) is 2. The second kappa shape index (κ2) is 13.0. The fourth-order valence-electron chi connectivity index (χ4n) is 7.94. The Hall–Kier alpha value is -6.42. The van der Waals surface area contributed by atoms with Crippen LogP contribution in [0.2, 0.25) is 0 Å². The molecule has 0 unspecified atom stereocenters. The van der Waals surface area contributed by atoms with Crippen molar-refractivity contribution in [1.82, 2.24) is 4.57 Å². The number of aromatic nitrogens is 1. The molecule has 0 spiro atoms. The highest BCUT2D eigenvalue weighted by molar-refractivity contribution is 9.10. The highest BCUT2D eigenvalue weighted by Gasteiger charge is 2.18. The molecule has 53 heavy (non-hydrogen) atoms. The first kappa shape index (κ1) is 31.3. The maximum Gasteiger partial charge on any atom is 0.0619 e. The van der Waals surface area contributed by atoms with Crippen LogP contribution in [0.3, 0.4) is 0 Å². The van der Waals surface area contributed by atoms with E-state index in [0.717, 1.165) is 38.3 Å². The quantitative estimate of drug-likeness (QED) is 0.165. The molecule has 9 aromatic carbocycles. The summed E-state index contributed by atoms with van der Waals surface area (Å²) in [7, 11) is 0. The molecule has 0 amide bonds. The molecule has 1 aromatic heterocycles. The molecule has 0 bridgehead atoms. The van der Waals surface area contributed by atoms with Crippen LogP contribution in [-0.2, 0) is 0 Å². The van der Waals surface area contributed by atoms with E-state index in [1.165, 1.54) is 54.5 Å². The van der Waals surface area contributed by atoms with Crippen LogP contribution in [0.25, 0.3) is 71.3 Å². The third-order valence-electron chi connectivity index (χ3n) is 10.4. The van der Waals surface area contributed by atoms with Crippen molar-refractivity contribution >= 4 is 76.3 Å². The molecule has 0 saturated heterocycles. The van der Waals surface area contributed by atoms with Crippen molar-refractivity contribution in [2.24, 2.45) is 0 Å². The average molecular weight is 742 g/mol. The van der Waals surface area contributed by atoms with E-state index in [0.29, 0.717) is 0 Å². The first-order valence-electron chi connectivity index (χ1n) is 18.0. The first-order chi connectivity index (χ1) is 26.2. The van der Waals surface area contributed by atoms with E-state index >= 15 is 0 Å². The molecule has 0 aliphatic heterocycles. The molecule has 1 heterocycles. The average Bonchev–Trinajstić information content (AvgIpc) is 3.56. The third kappa shape index (κ3) is 5.49. The molecule has 2 nitrogen and oxygen atoms in total. The number of fused-ring (bicyclic) bond motifs is 6. The lowest BCUT2D eigenvalue weighted by molar-refractivity contribution is 1.19. The van der Waals surface area contributed by atoms with Crippen LogP contribution in [0.15, 0.2) is 205 Å². The van der Waals surface area contributed by atoms with Gasteiger partial charge in [0.1, 0.15) is 0 Å². The Kier molecular flexibility index (Phi) is 7.66. The van der Waals surface area contributed by atoms with E-state index < -0.39 is 0 Å². The number of benzene rings is 9. The zero-order valence-corrected chi connectivity index (χ0v) is 30.4. The lowest BCUT2D eigenvalue weighted by atomic mass is 9.97. The Morgan fingerprint density at radius 2 is 0.981 bits per heavy atom. The molecule has 10 aromatic rings. The van der Waals surface area contributed by atoms with Gasteiger partial charge in [-0.25, -0.2) is 0 Å². The van der Waals surface area contributed by atoms with Crippen LogP contribution in [0.4, 0.5) is 17.1 Å². The maximum absolute atomic E-state index is 3.87. The first-order valence-corrected chi connectivity index (χ1v) is 18.7. The van der Waals surface area contributed by atoms with Crippen LogP contribution < -0.4 is 4.90 Å². The second-order valence-corrected chi connectivity index (χ2v) is 14.4. The third-order valence-corrected chi connectivity index (χ3v) is 10.8. The summed E-state index contributed by atoms with van der Waals surface area (Å²) in [6.07, 6.45) is 0. The van der Waals surface area contributed by atoms with E-state index in [-0.39, 0.29) is 0 Å². The van der Waals surface area contributed by atoms with Gasteiger partial charge < -0.3 is 9.47 Å². The van der Waals surface area contributed by atoms with Crippen molar-refractivity contribution in [1.29, 1.82) is 0 Å². The van der Waals surface area contributed by atoms with Gasteiger partial charge in [0.15, 0.2) is 0 Å². The number of rotatable bonds is 6. The smallest absolute Gasteiger partial charge is 0.0619 e. The topological polar surface area (TPSA) is 8.17 Å². The molecule has 0 radical (unpaired) electrons. The summed E-state index contributed by atoms with van der Waals surface area (Å²) in [4.78, 5) is 2.35. The van der Waals surface area contributed by atoms with Crippen LogP contribution in [0, 0.1) is 0 Å². The van der Waals surface area contributed by atoms with Crippen molar-refractivity contribution in [3.63, 3.8) is 0 Å². The highest BCUT2D eigenvalue weighted by atomic mass is 79.9. The van der Waals surface area contributed by atoms with Crippen LogP contribution in [0.5, 0.6) is 0 Å². The Morgan fingerprint density at radius 3 is 1.75 bits per heavy atom. The summed E-state index contributed by atoms with van der Waals surface area (Å²) in [6.45, 7) is 0. The summed E-state index contributed by atoms with van der Waals surface area (Å²) in [5.41, 5.74) is 11.7. The van der Waals surface area contributed by atoms with E-state index in [2.05, 4.69) is 226 Å². The van der Waals surface area contributed by atoms with Gasteiger partial charge in [-0.2, -0.15) is 0 Å². The molecule has 0 saturated carbocycles. The van der Waals surface area contributed by atoms with Crippen LogP contribution in [-0.4, -0.2) is 4.57 Å². The predicted octanol–water partition coefficient (Wildman–Crippen LogP) is 14.7. The predicted molar refractivity (Wildman–Crippen MR) is 229 cm³/mol. The van der Waals surface area contributed by atoms with Crippen LogP contribution in [0.1, 0.15) is 0 Å². The van der Waals surface area contributed by atoms with Gasteiger partial charge in [-0.05, 0) is 106 Å². The maximum atomic E-state index is 3.87. The van der Waals surface area contributed by atoms with Crippen molar-refractivity contribution in [2.45, 2.75) is 0 Å². The molecule has 250 valence electrons. The van der Waals surface area contributed by atoms with Gasteiger partial charge in [-0.1, -0.05) is 143 Å². The molecule has 0 aliphatic rings. The van der Waals surface area contributed by atoms with Gasteiger partial charge in [-0.3, -0.25) is 0 Å². The number of para-hydroxylation sites is 2. The van der Waals surface area contributed by atoms with Gasteiger partial charge in [-0.15, -0.1) is 0 Å². The minimum atomic E-state index is 1.05. The summed E-state index contributed by atoms with van der Waals surface area (Å²) in [6, 6.07) is 72.3. The fourth-order valence-corrected chi connectivity index (χ4v) is 8.43. The molecule has 0 atom stereocenters. The monoisotopic (exact) mass is 740 g/mol. The highest BCUT2D eigenvalue weighted by Crippen LogP contribution is 2.42. The molecule has 3 heteroatoms. The minimum absolute atomic E-state index is 1.05. The normalized spacial score (nSPS) is 11.5. The van der Waals surface area contributed by atoms with Crippen LogP contribution >= 0.6 is 15.9 Å². The van der Waals surface area contributed by atoms with Crippen molar-refractivity contribution in [3.8, 4) is 27.9 Å². The molecule has 10 rings (SSSR count).